The molecule has 0 bridgehead atoms. The van der Waals surface area contributed by atoms with Gasteiger partial charge in [-0.25, -0.2) is 0 Å². The molecule has 0 aliphatic carbocycles. The van der Waals surface area contributed by atoms with E-state index in [1.165, 1.54) is 5.56 Å². The monoisotopic (exact) mass is 302 g/mol. The normalized spacial score (nSPS) is 10.9. The molecule has 0 saturated carbocycles. The number of nitrogens with zero attached hydrogens (tertiary/aromatic N) is 2. The summed E-state index contributed by atoms with van der Waals surface area (Å²) in [5.41, 5.74) is 3.82. The molecule has 5 nitrogen and oxygen atoms in total. The summed E-state index contributed by atoms with van der Waals surface area (Å²) in [6, 6.07) is 8.35. The van der Waals surface area contributed by atoms with Crippen molar-refractivity contribution in [2.75, 3.05) is 20.8 Å². The number of carbonyl (C=O) groups excluding carboxylic acids is 1. The van der Waals surface area contributed by atoms with Gasteiger partial charge in [0, 0.05) is 14.2 Å². The first-order valence-electron chi connectivity index (χ1n) is 7.27. The number of methoxy groups -OCH3 is 2. The fourth-order valence-electron chi connectivity index (χ4n) is 2.33. The van der Waals surface area contributed by atoms with Crippen molar-refractivity contribution in [2.24, 2.45) is 0 Å². The third-order valence-electron chi connectivity index (χ3n) is 3.56. The van der Waals surface area contributed by atoms with Gasteiger partial charge in [-0.3, -0.25) is 9.48 Å². The van der Waals surface area contributed by atoms with Gasteiger partial charge in [-0.2, -0.15) is 5.10 Å². The Bertz CT molecular complexity index is 617. The van der Waals surface area contributed by atoms with E-state index in [0.29, 0.717) is 18.7 Å². The van der Waals surface area contributed by atoms with Crippen molar-refractivity contribution < 1.29 is 14.3 Å². The van der Waals surface area contributed by atoms with Crippen LogP contribution in [0.4, 0.5) is 0 Å². The minimum Gasteiger partial charge on any atom is -0.384 e. The number of carbonyl (C=O) groups is 1. The van der Waals surface area contributed by atoms with E-state index in [1.54, 1.807) is 27.3 Å². The second kappa shape index (κ2) is 7.87. The lowest BCUT2D eigenvalue weighted by Gasteiger charge is -2.09. The van der Waals surface area contributed by atoms with Crippen molar-refractivity contribution >= 4 is 5.78 Å². The zero-order valence-corrected chi connectivity index (χ0v) is 13.3. The third-order valence-corrected chi connectivity index (χ3v) is 3.56. The lowest BCUT2D eigenvalue weighted by atomic mass is 10.1. The standard InChI is InChI=1S/C17H22N2O3/c1-13(20)16-10-18-19(17(16)12-22-3)11-15-6-4-14(5-7-15)8-9-21-2/h4-7,10H,8-9,11-12H2,1-3H3. The Labute approximate surface area is 130 Å². The molecule has 0 unspecified atom stereocenters. The highest BCUT2D eigenvalue weighted by atomic mass is 16.5. The van der Waals surface area contributed by atoms with Crippen molar-refractivity contribution in [1.29, 1.82) is 0 Å². The number of rotatable bonds is 8. The van der Waals surface area contributed by atoms with Crippen LogP contribution in [0.5, 0.6) is 0 Å². The first-order chi connectivity index (χ1) is 10.7. The average Bonchev–Trinajstić information content (AvgIpc) is 2.90. The van der Waals surface area contributed by atoms with Gasteiger partial charge >= 0.3 is 0 Å². The van der Waals surface area contributed by atoms with E-state index in [1.807, 2.05) is 4.68 Å². The van der Waals surface area contributed by atoms with E-state index >= 15 is 0 Å². The smallest absolute Gasteiger partial charge is 0.163 e. The van der Waals surface area contributed by atoms with Crippen molar-refractivity contribution in [3.63, 3.8) is 0 Å². The van der Waals surface area contributed by atoms with Crippen LogP contribution < -0.4 is 0 Å². The van der Waals surface area contributed by atoms with Crippen LogP contribution in [-0.2, 0) is 29.0 Å². The molecule has 0 aliphatic rings. The number of benzene rings is 1. The predicted molar refractivity (Wildman–Crippen MR) is 84.1 cm³/mol. The molecule has 0 fully saturated rings. The highest BCUT2D eigenvalue weighted by molar-refractivity contribution is 5.94. The lowest BCUT2D eigenvalue weighted by molar-refractivity contribution is 0.101. The zero-order valence-electron chi connectivity index (χ0n) is 13.3. The Morgan fingerprint density at radius 3 is 2.41 bits per heavy atom. The predicted octanol–water partition coefficient (Wildman–Crippen LogP) is 2.47. The van der Waals surface area contributed by atoms with Gasteiger partial charge in [0.2, 0.25) is 0 Å². The molecule has 0 amide bonds. The van der Waals surface area contributed by atoms with Crippen molar-refractivity contribution in [1.82, 2.24) is 9.78 Å². The molecule has 2 rings (SSSR count). The SMILES string of the molecule is COCCc1ccc(Cn2ncc(C(C)=O)c2COC)cc1. The largest absolute Gasteiger partial charge is 0.384 e. The van der Waals surface area contributed by atoms with Gasteiger partial charge in [0.15, 0.2) is 5.78 Å². The summed E-state index contributed by atoms with van der Waals surface area (Å²) in [5.74, 6) is 0.00761. The summed E-state index contributed by atoms with van der Waals surface area (Å²) in [5, 5.41) is 4.32. The molecule has 2 aromatic rings. The topological polar surface area (TPSA) is 53.4 Å². The summed E-state index contributed by atoms with van der Waals surface area (Å²) >= 11 is 0. The maximum Gasteiger partial charge on any atom is 0.163 e. The molecule has 118 valence electrons. The van der Waals surface area contributed by atoms with E-state index in [2.05, 4.69) is 29.4 Å². The number of ketones is 1. The lowest BCUT2D eigenvalue weighted by Crippen LogP contribution is -2.09. The molecule has 22 heavy (non-hydrogen) atoms. The molecule has 5 heteroatoms. The summed E-state index contributed by atoms with van der Waals surface area (Å²) in [4.78, 5) is 11.6. The molecule has 1 aromatic heterocycles. The minimum absolute atomic E-state index is 0.00761. The highest BCUT2D eigenvalue weighted by Crippen LogP contribution is 2.14. The molecular formula is C17H22N2O3. The molecule has 0 N–H and O–H groups in total. The number of aromatic nitrogens is 2. The first-order valence-corrected chi connectivity index (χ1v) is 7.27. The Morgan fingerprint density at radius 1 is 1.14 bits per heavy atom. The maximum atomic E-state index is 11.6. The summed E-state index contributed by atoms with van der Waals surface area (Å²) < 4.78 is 12.1. The number of ether oxygens (including phenoxy) is 2. The molecule has 0 radical (unpaired) electrons. The highest BCUT2D eigenvalue weighted by Gasteiger charge is 2.14. The maximum absolute atomic E-state index is 11.6. The zero-order chi connectivity index (χ0) is 15.9. The van der Waals surface area contributed by atoms with Crippen molar-refractivity contribution in [3.8, 4) is 0 Å². The van der Waals surface area contributed by atoms with Crippen molar-refractivity contribution in [3.05, 3.63) is 52.8 Å². The molecule has 1 heterocycles. The second-order valence-corrected chi connectivity index (χ2v) is 5.21. The minimum atomic E-state index is 0.00761. The fraction of sp³-hybridized carbons (Fsp3) is 0.412. The van der Waals surface area contributed by atoms with Gasteiger partial charge in [-0.1, -0.05) is 24.3 Å². The van der Waals surface area contributed by atoms with Gasteiger partial charge in [0.05, 0.1) is 37.2 Å². The van der Waals surface area contributed by atoms with Gasteiger partial charge < -0.3 is 9.47 Å². The summed E-state index contributed by atoms with van der Waals surface area (Å²) in [7, 11) is 3.32. The molecular weight excluding hydrogens is 280 g/mol. The van der Waals surface area contributed by atoms with Gasteiger partial charge in [-0.05, 0) is 24.5 Å². The molecule has 0 atom stereocenters. The van der Waals surface area contributed by atoms with Crippen LogP contribution >= 0.6 is 0 Å². The van der Waals surface area contributed by atoms with Crippen LogP contribution in [0, 0.1) is 0 Å². The van der Waals surface area contributed by atoms with Gasteiger partial charge in [0.1, 0.15) is 0 Å². The number of hydrogen-bond donors (Lipinski definition) is 0. The van der Waals surface area contributed by atoms with Crippen LogP contribution in [0.1, 0.15) is 34.1 Å². The van der Waals surface area contributed by atoms with E-state index in [0.717, 1.165) is 24.3 Å². The molecule has 0 saturated heterocycles. The Kier molecular flexibility index (Phi) is 5.86. The third kappa shape index (κ3) is 4.02. The van der Waals surface area contributed by atoms with Crippen molar-refractivity contribution in [2.45, 2.75) is 26.5 Å². The van der Waals surface area contributed by atoms with Crippen LogP contribution in [-0.4, -0.2) is 36.4 Å². The average molecular weight is 302 g/mol. The number of hydrogen-bond acceptors (Lipinski definition) is 4. The van der Waals surface area contributed by atoms with Crippen LogP contribution in [0.3, 0.4) is 0 Å². The van der Waals surface area contributed by atoms with Crippen LogP contribution in [0.2, 0.25) is 0 Å². The molecule has 0 spiro atoms. The Morgan fingerprint density at radius 2 is 1.82 bits per heavy atom. The fourth-order valence-corrected chi connectivity index (χ4v) is 2.33. The van der Waals surface area contributed by atoms with Crippen LogP contribution in [0.15, 0.2) is 30.5 Å². The molecule has 0 aliphatic heterocycles. The second-order valence-electron chi connectivity index (χ2n) is 5.21. The first kappa shape index (κ1) is 16.4. The molecule has 1 aromatic carbocycles. The van der Waals surface area contributed by atoms with Crippen LogP contribution in [0.25, 0.3) is 0 Å². The van der Waals surface area contributed by atoms with E-state index in [-0.39, 0.29) is 5.78 Å². The summed E-state index contributed by atoms with van der Waals surface area (Å²) in [6.45, 7) is 3.26. The number of Topliss-reactive ketones (excluding diaryl/α,β-unsaturated/α-hetero) is 1. The van der Waals surface area contributed by atoms with E-state index in [4.69, 9.17) is 9.47 Å². The van der Waals surface area contributed by atoms with E-state index in [9.17, 15) is 4.79 Å². The van der Waals surface area contributed by atoms with E-state index < -0.39 is 0 Å². The Balaban J connectivity index is 2.14. The Hall–Kier alpha value is -1.98. The quantitative estimate of drug-likeness (QED) is 0.703. The summed E-state index contributed by atoms with van der Waals surface area (Å²) in [6.07, 6.45) is 2.52. The van der Waals surface area contributed by atoms with Gasteiger partial charge in [-0.15, -0.1) is 0 Å². The van der Waals surface area contributed by atoms with Gasteiger partial charge in [0.25, 0.3) is 0 Å².